The van der Waals surface area contributed by atoms with E-state index in [4.69, 9.17) is 5.11 Å². The zero-order valence-corrected chi connectivity index (χ0v) is 12.3. The van der Waals surface area contributed by atoms with E-state index in [2.05, 4.69) is 20.5 Å². The van der Waals surface area contributed by atoms with Crippen LogP contribution in [0, 0.1) is 5.82 Å². The van der Waals surface area contributed by atoms with Crippen molar-refractivity contribution >= 4 is 32.9 Å². The summed E-state index contributed by atoms with van der Waals surface area (Å²) in [6, 6.07) is 5.61. The van der Waals surface area contributed by atoms with Gasteiger partial charge in [0.05, 0.1) is 9.99 Å². The first-order valence-electron chi connectivity index (χ1n) is 6.50. The number of piperidine rings is 1. The van der Waals surface area contributed by atoms with Crippen LogP contribution >= 0.6 is 15.9 Å². The summed E-state index contributed by atoms with van der Waals surface area (Å²) < 4.78 is 16.5. The first-order valence-corrected chi connectivity index (χ1v) is 7.29. The summed E-state index contributed by atoms with van der Waals surface area (Å²) in [5.41, 5.74) is 0.861. The van der Waals surface area contributed by atoms with Gasteiger partial charge in [0.2, 0.25) is 0 Å². The smallest absolute Gasteiger partial charge is 0.407 e. The molecule has 1 N–H and O–H groups in total. The van der Waals surface area contributed by atoms with Crippen LogP contribution in [-0.2, 0) is 0 Å². The highest BCUT2D eigenvalue weighted by molar-refractivity contribution is 9.10. The maximum atomic E-state index is 14.0. The van der Waals surface area contributed by atoms with Gasteiger partial charge in [-0.15, -0.1) is 0 Å². The Hall–Kier alpha value is -1.56. The van der Waals surface area contributed by atoms with Gasteiger partial charge in [-0.3, -0.25) is 0 Å². The normalized spacial score (nSPS) is 16.8. The van der Waals surface area contributed by atoms with Gasteiger partial charge in [-0.25, -0.2) is 9.18 Å². The van der Waals surface area contributed by atoms with Gasteiger partial charge >= 0.3 is 6.09 Å². The number of likely N-dealkylation sites (tertiary alicyclic amines) is 1. The minimum atomic E-state index is -0.865. The van der Waals surface area contributed by atoms with Crippen LogP contribution in [0.25, 0.3) is 10.9 Å². The summed E-state index contributed by atoms with van der Waals surface area (Å²) in [6.45, 7) is 1.05. The summed E-state index contributed by atoms with van der Waals surface area (Å²) in [5, 5.41) is 9.56. The first kappa shape index (κ1) is 13.4. The molecule has 1 aromatic carbocycles. The maximum Gasteiger partial charge on any atom is 0.407 e. The highest BCUT2D eigenvalue weighted by Gasteiger charge is 2.24. The van der Waals surface area contributed by atoms with E-state index in [0.29, 0.717) is 22.9 Å². The molecule has 0 unspecified atom stereocenters. The lowest BCUT2D eigenvalue weighted by atomic mass is 10.1. The van der Waals surface area contributed by atoms with E-state index in [1.165, 1.54) is 4.90 Å². The molecule has 0 radical (unpaired) electrons. The van der Waals surface area contributed by atoms with Crippen molar-refractivity contribution in [2.45, 2.75) is 18.9 Å². The molecule has 1 aromatic heterocycles. The van der Waals surface area contributed by atoms with E-state index < -0.39 is 6.09 Å². The second-order valence-electron chi connectivity index (χ2n) is 5.02. The van der Waals surface area contributed by atoms with E-state index in [9.17, 15) is 9.18 Å². The molecule has 2 heterocycles. The van der Waals surface area contributed by atoms with Gasteiger partial charge in [-0.1, -0.05) is 0 Å². The van der Waals surface area contributed by atoms with Crippen molar-refractivity contribution in [1.29, 1.82) is 0 Å². The van der Waals surface area contributed by atoms with Crippen molar-refractivity contribution in [1.82, 2.24) is 9.47 Å². The van der Waals surface area contributed by atoms with E-state index in [1.807, 2.05) is 12.3 Å². The summed E-state index contributed by atoms with van der Waals surface area (Å²) in [6.07, 6.45) is 2.54. The second kappa shape index (κ2) is 5.09. The Morgan fingerprint density at radius 3 is 2.65 bits per heavy atom. The van der Waals surface area contributed by atoms with Gasteiger partial charge in [-0.2, -0.15) is 0 Å². The number of rotatable bonds is 1. The molecule has 4 nitrogen and oxygen atoms in total. The topological polar surface area (TPSA) is 45.5 Å². The molecule has 1 aliphatic heterocycles. The van der Waals surface area contributed by atoms with Crippen molar-refractivity contribution in [3.05, 3.63) is 34.7 Å². The Morgan fingerprint density at radius 1 is 1.30 bits per heavy atom. The van der Waals surface area contributed by atoms with Gasteiger partial charge in [0.15, 0.2) is 0 Å². The van der Waals surface area contributed by atoms with Crippen LogP contribution in [0.2, 0.25) is 0 Å². The number of amides is 1. The summed E-state index contributed by atoms with van der Waals surface area (Å²) in [7, 11) is 0. The number of hydrogen-bond acceptors (Lipinski definition) is 1. The third-order valence-electron chi connectivity index (χ3n) is 3.92. The highest BCUT2D eigenvalue weighted by Crippen LogP contribution is 2.31. The highest BCUT2D eigenvalue weighted by atomic mass is 79.9. The van der Waals surface area contributed by atoms with Gasteiger partial charge < -0.3 is 14.6 Å². The molecule has 0 aliphatic carbocycles. The lowest BCUT2D eigenvalue weighted by molar-refractivity contribution is 0.126. The summed E-state index contributed by atoms with van der Waals surface area (Å²) in [4.78, 5) is 12.3. The number of carboxylic acid groups (broad SMARTS) is 1. The van der Waals surface area contributed by atoms with Crippen LogP contribution in [0.1, 0.15) is 18.9 Å². The van der Waals surface area contributed by atoms with Gasteiger partial charge in [0, 0.05) is 30.7 Å². The van der Waals surface area contributed by atoms with Crippen LogP contribution in [0.15, 0.2) is 28.9 Å². The number of nitrogens with zero attached hydrogens (tertiary/aromatic N) is 2. The van der Waals surface area contributed by atoms with Crippen molar-refractivity contribution in [2.24, 2.45) is 0 Å². The van der Waals surface area contributed by atoms with Crippen molar-refractivity contribution in [3.8, 4) is 0 Å². The molecule has 0 bridgehead atoms. The van der Waals surface area contributed by atoms with E-state index in [-0.39, 0.29) is 11.9 Å². The molecule has 20 heavy (non-hydrogen) atoms. The summed E-state index contributed by atoms with van der Waals surface area (Å²) >= 11 is 3.19. The van der Waals surface area contributed by atoms with Crippen LogP contribution in [-0.4, -0.2) is 33.8 Å². The summed E-state index contributed by atoms with van der Waals surface area (Å²) in [5.74, 6) is -0.246. The standard InChI is InChI=1S/C14H14BrFN2O2/c15-11-1-2-12-10(13(11)16)5-8-18(12)9-3-6-17(7-4-9)14(19)20/h1-2,5,8-9H,3-4,6-7H2,(H,19,20). The zero-order chi connectivity index (χ0) is 14.3. The van der Waals surface area contributed by atoms with E-state index in [1.54, 1.807) is 12.1 Å². The number of carbonyl (C=O) groups is 1. The van der Waals surface area contributed by atoms with Crippen molar-refractivity contribution < 1.29 is 14.3 Å². The predicted molar refractivity (Wildman–Crippen MR) is 77.5 cm³/mol. The molecule has 1 saturated heterocycles. The molecule has 0 atom stereocenters. The fourth-order valence-electron chi connectivity index (χ4n) is 2.83. The molecule has 3 rings (SSSR count). The average Bonchev–Trinajstić information content (AvgIpc) is 2.87. The third-order valence-corrected chi connectivity index (χ3v) is 4.53. The fourth-order valence-corrected chi connectivity index (χ4v) is 3.17. The Kier molecular flexibility index (Phi) is 3.41. The van der Waals surface area contributed by atoms with Crippen LogP contribution in [0.4, 0.5) is 9.18 Å². The molecule has 1 aliphatic rings. The fraction of sp³-hybridized carbons (Fsp3) is 0.357. The van der Waals surface area contributed by atoms with Crippen molar-refractivity contribution in [3.63, 3.8) is 0 Å². The lowest BCUT2D eigenvalue weighted by Gasteiger charge is -2.31. The number of halogens is 2. The molecule has 1 amide bonds. The Balaban J connectivity index is 1.89. The van der Waals surface area contributed by atoms with Gasteiger partial charge in [0.1, 0.15) is 5.82 Å². The number of benzene rings is 1. The van der Waals surface area contributed by atoms with Gasteiger partial charge in [0.25, 0.3) is 0 Å². The minimum absolute atomic E-state index is 0.226. The minimum Gasteiger partial charge on any atom is -0.465 e. The first-order chi connectivity index (χ1) is 9.58. The van der Waals surface area contributed by atoms with Crippen LogP contribution in [0.5, 0.6) is 0 Å². The molecule has 0 spiro atoms. The molecule has 1 fully saturated rings. The molecule has 6 heteroatoms. The zero-order valence-electron chi connectivity index (χ0n) is 10.7. The van der Waals surface area contributed by atoms with Crippen molar-refractivity contribution in [2.75, 3.05) is 13.1 Å². The average molecular weight is 341 g/mol. The Bertz CT molecular complexity index is 662. The molecular weight excluding hydrogens is 327 g/mol. The van der Waals surface area contributed by atoms with Gasteiger partial charge in [-0.05, 0) is 47.0 Å². The molecule has 106 valence electrons. The van der Waals surface area contributed by atoms with E-state index >= 15 is 0 Å². The monoisotopic (exact) mass is 340 g/mol. The SMILES string of the molecule is O=C(O)N1CCC(n2ccc3c(F)c(Br)ccc32)CC1. The van der Waals surface area contributed by atoms with Crippen LogP contribution in [0.3, 0.4) is 0 Å². The van der Waals surface area contributed by atoms with E-state index in [0.717, 1.165) is 18.4 Å². The molecule has 2 aromatic rings. The second-order valence-corrected chi connectivity index (χ2v) is 5.87. The number of fused-ring (bicyclic) bond motifs is 1. The lowest BCUT2D eigenvalue weighted by Crippen LogP contribution is -2.37. The number of hydrogen-bond donors (Lipinski definition) is 1. The largest absolute Gasteiger partial charge is 0.465 e. The number of aromatic nitrogens is 1. The molecule has 0 saturated carbocycles. The molecular formula is C14H14BrFN2O2. The quantitative estimate of drug-likeness (QED) is 0.856. The maximum absolute atomic E-state index is 14.0. The third kappa shape index (κ3) is 2.18. The Labute approximate surface area is 123 Å². The van der Waals surface area contributed by atoms with Crippen LogP contribution < -0.4 is 0 Å². The predicted octanol–water partition coefficient (Wildman–Crippen LogP) is 3.86. The Morgan fingerprint density at radius 2 is 2.00 bits per heavy atom.